The topological polar surface area (TPSA) is 76.0 Å². The van der Waals surface area contributed by atoms with Gasteiger partial charge in [0.15, 0.2) is 5.03 Å². The summed E-state index contributed by atoms with van der Waals surface area (Å²) in [5, 5.41) is 2.83. The van der Waals surface area contributed by atoms with Crippen LogP contribution in [0.1, 0.15) is 13.3 Å². The molecule has 2 N–H and O–H groups in total. The highest BCUT2D eigenvalue weighted by atomic mass is 32.2. The van der Waals surface area contributed by atoms with Gasteiger partial charge >= 0.3 is 0 Å². The van der Waals surface area contributed by atoms with E-state index in [4.69, 9.17) is 0 Å². The second kappa shape index (κ2) is 6.13. The Morgan fingerprint density at radius 1 is 1.38 bits per heavy atom. The molecule has 1 aromatic heterocycles. The van der Waals surface area contributed by atoms with Gasteiger partial charge in [0.2, 0.25) is 0 Å². The lowest BCUT2D eigenvalue weighted by Crippen LogP contribution is -2.16. The number of para-hydroxylation sites is 1. The summed E-state index contributed by atoms with van der Waals surface area (Å²) < 4.78 is 42.1. The molecule has 0 spiro atoms. The Morgan fingerprint density at radius 3 is 2.76 bits per heavy atom. The quantitative estimate of drug-likeness (QED) is 0.857. The molecule has 0 bridgehead atoms. The number of anilines is 2. The Kier molecular flexibility index (Phi) is 4.46. The number of sulfonamides is 1. The maximum atomic E-state index is 13.9. The minimum absolute atomic E-state index is 0.100. The average molecular weight is 312 g/mol. The van der Waals surface area contributed by atoms with Crippen molar-refractivity contribution < 1.29 is 12.8 Å². The number of rotatable bonds is 6. The van der Waals surface area contributed by atoms with Gasteiger partial charge in [-0.1, -0.05) is 13.0 Å². The van der Waals surface area contributed by atoms with Gasteiger partial charge in [-0.15, -0.1) is 0 Å². The third kappa shape index (κ3) is 3.52. The summed E-state index contributed by atoms with van der Waals surface area (Å²) in [5.74, 6) is -0.643. The van der Waals surface area contributed by atoms with Gasteiger partial charge in [0.05, 0.1) is 12.0 Å². The molecule has 8 heteroatoms. The molecule has 0 radical (unpaired) electrons. The minimum atomic E-state index is -3.92. The monoisotopic (exact) mass is 312 g/mol. The summed E-state index contributed by atoms with van der Waals surface area (Å²) in [4.78, 5) is 3.77. The maximum absolute atomic E-state index is 13.9. The van der Waals surface area contributed by atoms with E-state index in [1.54, 1.807) is 13.1 Å². The van der Waals surface area contributed by atoms with Crippen molar-refractivity contribution in [2.75, 3.05) is 16.6 Å². The molecular weight excluding hydrogens is 295 g/mol. The summed E-state index contributed by atoms with van der Waals surface area (Å²) >= 11 is 0. The number of hydrogen-bond acceptors (Lipinski definition) is 4. The van der Waals surface area contributed by atoms with E-state index in [1.807, 2.05) is 6.92 Å². The Morgan fingerprint density at radius 2 is 2.14 bits per heavy atom. The third-order valence-electron chi connectivity index (χ3n) is 2.77. The van der Waals surface area contributed by atoms with Crippen molar-refractivity contribution in [3.63, 3.8) is 0 Å². The highest BCUT2D eigenvalue weighted by Crippen LogP contribution is 2.27. The molecule has 0 aliphatic rings. The molecule has 21 heavy (non-hydrogen) atoms. The second-order valence-corrected chi connectivity index (χ2v) is 6.20. The van der Waals surface area contributed by atoms with Gasteiger partial charge in [-0.3, -0.25) is 4.72 Å². The van der Waals surface area contributed by atoms with Crippen LogP contribution in [-0.2, 0) is 17.1 Å². The van der Waals surface area contributed by atoms with Gasteiger partial charge in [-0.25, -0.2) is 9.37 Å². The summed E-state index contributed by atoms with van der Waals surface area (Å²) in [6.45, 7) is 2.58. The lowest BCUT2D eigenvalue weighted by molar-refractivity contribution is 0.595. The summed E-state index contributed by atoms with van der Waals surface area (Å²) in [6, 6.07) is 4.34. The fourth-order valence-electron chi connectivity index (χ4n) is 1.75. The van der Waals surface area contributed by atoms with E-state index in [0.29, 0.717) is 12.2 Å². The Labute approximate surface area is 123 Å². The van der Waals surface area contributed by atoms with Crippen molar-refractivity contribution in [2.24, 2.45) is 7.05 Å². The zero-order chi connectivity index (χ0) is 15.5. The predicted molar refractivity (Wildman–Crippen MR) is 79.2 cm³/mol. The first-order valence-corrected chi connectivity index (χ1v) is 7.95. The highest BCUT2D eigenvalue weighted by Gasteiger charge is 2.20. The number of imidazole rings is 1. The van der Waals surface area contributed by atoms with Crippen molar-refractivity contribution in [1.82, 2.24) is 9.55 Å². The third-order valence-corrected chi connectivity index (χ3v) is 4.01. The fourth-order valence-corrected chi connectivity index (χ4v) is 2.82. The normalized spacial score (nSPS) is 11.4. The average Bonchev–Trinajstić information content (AvgIpc) is 2.87. The fraction of sp³-hybridized carbons (Fsp3) is 0.308. The molecule has 0 aliphatic carbocycles. The number of nitrogens with zero attached hydrogens (tertiary/aromatic N) is 2. The van der Waals surface area contributed by atoms with Crippen LogP contribution in [0.25, 0.3) is 0 Å². The van der Waals surface area contributed by atoms with Crippen LogP contribution >= 0.6 is 0 Å². The number of halogens is 1. The van der Waals surface area contributed by atoms with Crippen LogP contribution in [0, 0.1) is 5.82 Å². The van der Waals surface area contributed by atoms with Gasteiger partial charge < -0.3 is 9.88 Å². The molecule has 2 aromatic rings. The van der Waals surface area contributed by atoms with Crippen LogP contribution in [0.3, 0.4) is 0 Å². The van der Waals surface area contributed by atoms with Crippen LogP contribution in [-0.4, -0.2) is 24.5 Å². The predicted octanol–water partition coefficient (Wildman–Crippen LogP) is 2.18. The van der Waals surface area contributed by atoms with Crippen LogP contribution in [0.4, 0.5) is 15.8 Å². The van der Waals surface area contributed by atoms with Crippen molar-refractivity contribution in [3.8, 4) is 0 Å². The smallest absolute Gasteiger partial charge is 0.281 e. The molecule has 0 saturated carbocycles. The summed E-state index contributed by atoms with van der Waals surface area (Å²) in [5.41, 5.74) is 0.299. The molecule has 6 nitrogen and oxygen atoms in total. The van der Waals surface area contributed by atoms with Gasteiger partial charge in [0.25, 0.3) is 10.0 Å². The number of aromatic nitrogens is 2. The molecule has 0 atom stereocenters. The van der Waals surface area contributed by atoms with E-state index >= 15 is 0 Å². The molecule has 2 rings (SSSR count). The zero-order valence-electron chi connectivity index (χ0n) is 11.8. The molecule has 1 aromatic carbocycles. The molecule has 0 amide bonds. The van der Waals surface area contributed by atoms with E-state index in [1.165, 1.54) is 29.2 Å². The standard InChI is InChI=1S/C13H17FN4O2S/c1-3-7-15-11-6-4-5-10(14)13(11)17-21(19,20)12-8-18(2)9-16-12/h4-6,8-9,15,17H,3,7H2,1-2H3. The second-order valence-electron chi connectivity index (χ2n) is 4.57. The maximum Gasteiger partial charge on any atom is 0.281 e. The molecular formula is C13H17FN4O2S. The number of benzene rings is 1. The van der Waals surface area contributed by atoms with Gasteiger partial charge in [-0.2, -0.15) is 8.42 Å². The summed E-state index contributed by atoms with van der Waals surface area (Å²) in [6.07, 6.45) is 3.55. The molecule has 0 fully saturated rings. The van der Waals surface area contributed by atoms with Crippen molar-refractivity contribution in [1.29, 1.82) is 0 Å². The van der Waals surface area contributed by atoms with E-state index in [-0.39, 0.29) is 10.7 Å². The first kappa shape index (κ1) is 15.3. The van der Waals surface area contributed by atoms with Crippen LogP contribution < -0.4 is 10.0 Å². The molecule has 0 aliphatic heterocycles. The van der Waals surface area contributed by atoms with E-state index < -0.39 is 15.8 Å². The van der Waals surface area contributed by atoms with Crippen molar-refractivity contribution in [2.45, 2.75) is 18.4 Å². The van der Waals surface area contributed by atoms with Gasteiger partial charge in [0.1, 0.15) is 11.5 Å². The van der Waals surface area contributed by atoms with Gasteiger partial charge in [0, 0.05) is 19.8 Å². The van der Waals surface area contributed by atoms with Crippen LogP contribution in [0.2, 0.25) is 0 Å². The first-order valence-electron chi connectivity index (χ1n) is 6.47. The van der Waals surface area contributed by atoms with Crippen molar-refractivity contribution in [3.05, 3.63) is 36.5 Å². The van der Waals surface area contributed by atoms with Crippen molar-refractivity contribution >= 4 is 21.4 Å². The Hall–Kier alpha value is -2.09. The minimum Gasteiger partial charge on any atom is -0.383 e. The zero-order valence-corrected chi connectivity index (χ0v) is 12.6. The van der Waals surface area contributed by atoms with E-state index in [0.717, 1.165) is 6.42 Å². The number of hydrogen-bond donors (Lipinski definition) is 2. The molecule has 114 valence electrons. The number of aryl methyl sites for hydroxylation is 1. The van der Waals surface area contributed by atoms with Crippen LogP contribution in [0.5, 0.6) is 0 Å². The lowest BCUT2D eigenvalue weighted by atomic mass is 10.2. The molecule has 1 heterocycles. The van der Waals surface area contributed by atoms with E-state index in [9.17, 15) is 12.8 Å². The highest BCUT2D eigenvalue weighted by molar-refractivity contribution is 7.92. The SMILES string of the molecule is CCCNc1cccc(F)c1NS(=O)(=O)c1cn(C)cn1. The lowest BCUT2D eigenvalue weighted by Gasteiger charge is -2.13. The Balaban J connectivity index is 2.34. The van der Waals surface area contributed by atoms with E-state index in [2.05, 4.69) is 15.0 Å². The first-order chi connectivity index (χ1) is 9.94. The van der Waals surface area contributed by atoms with Crippen LogP contribution in [0.15, 0.2) is 35.7 Å². The number of nitrogens with one attached hydrogen (secondary N) is 2. The largest absolute Gasteiger partial charge is 0.383 e. The van der Waals surface area contributed by atoms with Gasteiger partial charge in [-0.05, 0) is 18.6 Å². The molecule has 0 unspecified atom stereocenters. The Bertz CT molecular complexity index is 728. The molecule has 0 saturated heterocycles. The summed E-state index contributed by atoms with van der Waals surface area (Å²) in [7, 11) is -2.27.